The van der Waals surface area contributed by atoms with Gasteiger partial charge in [-0.3, -0.25) is 0 Å². The molecule has 0 saturated carbocycles. The van der Waals surface area contributed by atoms with E-state index in [1.807, 2.05) is 0 Å². The molecule has 0 saturated heterocycles. The van der Waals surface area contributed by atoms with Crippen LogP contribution in [0.1, 0.15) is 23.6 Å². The molecule has 0 aliphatic heterocycles. The van der Waals surface area contributed by atoms with E-state index >= 15 is 0 Å². The number of carboxylic acid groups (broad SMARTS) is 1. The summed E-state index contributed by atoms with van der Waals surface area (Å²) >= 11 is 0. The van der Waals surface area contributed by atoms with E-state index < -0.39 is 11.9 Å². The van der Waals surface area contributed by atoms with Gasteiger partial charge in [-0.05, 0) is 24.3 Å². The molecular formula is C14H14N2Na2O5. The van der Waals surface area contributed by atoms with Gasteiger partial charge in [-0.15, -0.1) is 0 Å². The van der Waals surface area contributed by atoms with Crippen LogP contribution in [0.5, 0.6) is 11.5 Å². The van der Waals surface area contributed by atoms with Gasteiger partial charge < -0.3 is 29.3 Å². The predicted octanol–water partition coefficient (Wildman–Crippen LogP) is -4.29. The molecule has 7 nitrogen and oxygen atoms in total. The number of hydrogen-bond donors (Lipinski definition) is 4. The zero-order valence-corrected chi connectivity index (χ0v) is 16.7. The molecule has 2 rings (SSSR count). The summed E-state index contributed by atoms with van der Waals surface area (Å²) in [6, 6.07) is 7.70. The van der Waals surface area contributed by atoms with Crippen LogP contribution >= 0.6 is 0 Å². The van der Waals surface area contributed by atoms with Crippen LogP contribution in [-0.2, 0) is 0 Å². The van der Waals surface area contributed by atoms with E-state index in [1.54, 1.807) is 0 Å². The molecule has 0 fully saturated rings. The molecule has 9 heteroatoms. The number of nitrogen functional groups attached to an aromatic ring is 2. The Hall–Kier alpha value is -1.22. The topological polar surface area (TPSA) is 136 Å². The Bertz CT molecular complexity index is 747. The fourth-order valence-corrected chi connectivity index (χ4v) is 1.68. The van der Waals surface area contributed by atoms with Crippen LogP contribution < -0.4 is 75.3 Å². The second-order valence-corrected chi connectivity index (χ2v) is 4.23. The molecule has 2 aromatic rings. The summed E-state index contributed by atoms with van der Waals surface area (Å²) in [6.07, 6.45) is 0. The van der Waals surface area contributed by atoms with Gasteiger partial charge in [-0.25, -0.2) is 9.59 Å². The van der Waals surface area contributed by atoms with Gasteiger partial charge in [0, 0.05) is 23.5 Å². The molecule has 0 heterocycles. The second-order valence-electron chi connectivity index (χ2n) is 4.23. The zero-order valence-electron chi connectivity index (χ0n) is 14.7. The number of nitrogens with two attached hydrogens (primary N) is 2. The first-order valence-corrected chi connectivity index (χ1v) is 5.82. The van der Waals surface area contributed by atoms with Gasteiger partial charge in [0.25, 0.3) is 0 Å². The molecule has 0 atom stereocenters. The summed E-state index contributed by atoms with van der Waals surface area (Å²) in [5, 5.41) is 18.7. The van der Waals surface area contributed by atoms with E-state index in [0.717, 1.165) is 0 Å². The Morgan fingerprint density at radius 2 is 1.48 bits per heavy atom. The number of aromatic hydroxyl groups is 1. The molecule has 0 aromatic heterocycles. The number of anilines is 2. The van der Waals surface area contributed by atoms with Crippen LogP contribution in [0.25, 0.3) is 0 Å². The maximum absolute atomic E-state index is 12.0. The largest absolute Gasteiger partial charge is 1.00 e. The van der Waals surface area contributed by atoms with Crippen LogP contribution in [0.2, 0.25) is 0 Å². The fraction of sp³-hybridized carbons (Fsp3) is 0. The molecule has 0 aliphatic rings. The van der Waals surface area contributed by atoms with E-state index in [2.05, 4.69) is 0 Å². The second kappa shape index (κ2) is 9.17. The van der Waals surface area contributed by atoms with E-state index in [1.165, 1.54) is 36.4 Å². The number of rotatable bonds is 3. The van der Waals surface area contributed by atoms with Crippen molar-refractivity contribution >= 4 is 23.3 Å². The summed E-state index contributed by atoms with van der Waals surface area (Å²) < 4.78 is 4.99. The first-order valence-electron chi connectivity index (χ1n) is 5.82. The van der Waals surface area contributed by atoms with Gasteiger partial charge in [0.2, 0.25) is 0 Å². The summed E-state index contributed by atoms with van der Waals surface area (Å²) in [7, 11) is 0. The first-order chi connectivity index (χ1) is 9.88. The molecule has 0 spiro atoms. The van der Waals surface area contributed by atoms with Crippen molar-refractivity contribution in [1.29, 1.82) is 0 Å². The number of ether oxygens (including phenoxy) is 1. The predicted molar refractivity (Wildman–Crippen MR) is 77.5 cm³/mol. The molecule has 2 aromatic carbocycles. The minimum absolute atomic E-state index is 0. The summed E-state index contributed by atoms with van der Waals surface area (Å²) in [5.41, 5.74) is 11.2. The number of carbonyl (C=O) groups excluding carboxylic acids is 1. The molecule has 112 valence electrons. The summed E-state index contributed by atoms with van der Waals surface area (Å²) in [6.45, 7) is 0. The normalized spacial score (nSPS) is 9.22. The first kappa shape index (κ1) is 21.8. The third-order valence-electron chi connectivity index (χ3n) is 2.68. The van der Waals surface area contributed by atoms with Crippen LogP contribution in [0, 0.1) is 0 Å². The Balaban J connectivity index is -0.00000121. The Labute approximate surface area is 179 Å². The van der Waals surface area contributed by atoms with Crippen molar-refractivity contribution in [1.82, 2.24) is 0 Å². The Kier molecular flexibility index (Phi) is 8.68. The van der Waals surface area contributed by atoms with Crippen LogP contribution in [0.4, 0.5) is 11.4 Å². The summed E-state index contributed by atoms with van der Waals surface area (Å²) in [5.74, 6) is -2.75. The van der Waals surface area contributed by atoms with Crippen LogP contribution in [0.3, 0.4) is 0 Å². The van der Waals surface area contributed by atoms with Crippen molar-refractivity contribution < 1.29 is 86.5 Å². The van der Waals surface area contributed by atoms with Crippen LogP contribution in [0.15, 0.2) is 36.4 Å². The number of hydrogen-bond acceptors (Lipinski definition) is 6. The van der Waals surface area contributed by atoms with Gasteiger partial charge in [0.1, 0.15) is 22.6 Å². The molecular weight excluding hydrogens is 322 g/mol. The molecule has 0 bridgehead atoms. The minimum Gasteiger partial charge on any atom is -1.00 e. The SMILES string of the molecule is Nc1ccc(C(=O)Oc2cc(N)ccc2C(=O)O)c(O)c1.[H-].[H-].[Na+].[Na+]. The Morgan fingerprint density at radius 1 is 0.957 bits per heavy atom. The maximum atomic E-state index is 12.0. The quantitative estimate of drug-likeness (QED) is 0.193. The standard InChI is InChI=1S/C14H12N2O5.2Na.2H/c15-7-1-3-9(11(17)5-7)14(20)21-12-6-8(16)2-4-10(12)13(18)19;;;;/h1-6,17H,15-16H2,(H,18,19);;;;/q;2*+1;2*-1. The molecule has 6 N–H and O–H groups in total. The number of carbonyl (C=O) groups is 2. The van der Waals surface area contributed by atoms with Gasteiger partial charge in [-0.1, -0.05) is 0 Å². The van der Waals surface area contributed by atoms with E-state index in [9.17, 15) is 14.7 Å². The van der Waals surface area contributed by atoms with Gasteiger partial charge in [0.05, 0.1) is 0 Å². The summed E-state index contributed by atoms with van der Waals surface area (Å²) in [4.78, 5) is 23.0. The third kappa shape index (κ3) is 5.42. The number of aromatic carboxylic acids is 1. The minimum atomic E-state index is -1.26. The van der Waals surface area contributed by atoms with E-state index in [0.29, 0.717) is 0 Å². The fourth-order valence-electron chi connectivity index (χ4n) is 1.68. The Morgan fingerprint density at radius 3 is 2.00 bits per heavy atom. The number of phenols is 1. The third-order valence-corrected chi connectivity index (χ3v) is 2.68. The maximum Gasteiger partial charge on any atom is 1.00 e. The van der Waals surface area contributed by atoms with Crippen LogP contribution in [-0.4, -0.2) is 22.2 Å². The number of esters is 1. The number of phenolic OH excluding ortho intramolecular Hbond substituents is 1. The molecule has 0 amide bonds. The molecule has 0 aliphatic carbocycles. The van der Waals surface area contributed by atoms with Crippen molar-refractivity contribution in [2.45, 2.75) is 0 Å². The van der Waals surface area contributed by atoms with Gasteiger partial charge in [-0.2, -0.15) is 0 Å². The van der Waals surface area contributed by atoms with Crippen molar-refractivity contribution in [2.75, 3.05) is 11.5 Å². The number of carboxylic acids is 1. The van der Waals surface area contributed by atoms with Crippen molar-refractivity contribution in [2.24, 2.45) is 0 Å². The van der Waals surface area contributed by atoms with Gasteiger partial charge in [0.15, 0.2) is 0 Å². The van der Waals surface area contributed by atoms with Crippen molar-refractivity contribution in [3.05, 3.63) is 47.5 Å². The molecule has 0 radical (unpaired) electrons. The average molecular weight is 336 g/mol. The monoisotopic (exact) mass is 336 g/mol. The molecule has 0 unspecified atom stereocenters. The zero-order chi connectivity index (χ0) is 15.6. The molecule has 23 heavy (non-hydrogen) atoms. The van der Waals surface area contributed by atoms with Crippen molar-refractivity contribution in [3.63, 3.8) is 0 Å². The van der Waals surface area contributed by atoms with Crippen molar-refractivity contribution in [3.8, 4) is 11.5 Å². The average Bonchev–Trinajstić information content (AvgIpc) is 2.37. The van der Waals surface area contributed by atoms with E-state index in [-0.39, 0.29) is 96.0 Å². The number of benzene rings is 2. The van der Waals surface area contributed by atoms with E-state index in [4.69, 9.17) is 21.3 Å². The van der Waals surface area contributed by atoms with Gasteiger partial charge >= 0.3 is 71.1 Å². The smallest absolute Gasteiger partial charge is 1.00 e.